The number of halogens is 16. The number of nitrogens with zero attached hydrogens (tertiary/aromatic N) is 8. The van der Waals surface area contributed by atoms with Crippen molar-refractivity contribution in [3.63, 3.8) is 0 Å². The number of carbonyl (C=O) groups excluding carboxylic acids is 4. The average molecular weight is 2080 g/mol. The van der Waals surface area contributed by atoms with Crippen LogP contribution < -0.4 is 16.4 Å². The summed E-state index contributed by atoms with van der Waals surface area (Å²) in [6.07, 6.45) is -2.34. The lowest BCUT2D eigenvalue weighted by atomic mass is 9.98. The first-order valence-corrected chi connectivity index (χ1v) is 40.5. The molecule has 0 unspecified atom stereocenters. The fraction of sp³-hybridized carbons (Fsp3) is 0.325. The lowest BCUT2D eigenvalue weighted by Gasteiger charge is -2.19. The Balaban J connectivity index is -0.000000465. The third kappa shape index (κ3) is 33.6. The summed E-state index contributed by atoms with van der Waals surface area (Å²) in [5.41, 5.74) is 9.63. The zero-order valence-corrected chi connectivity index (χ0v) is 71.6. The Kier molecular flexibility index (Phi) is 56.9. The molecule has 684 valence electrons. The van der Waals surface area contributed by atoms with E-state index in [9.17, 15) is 55.1 Å². The van der Waals surface area contributed by atoms with Crippen LogP contribution in [-0.2, 0) is 62.9 Å². The zero-order valence-electron chi connectivity index (χ0n) is 58.3. The van der Waals surface area contributed by atoms with Crippen molar-refractivity contribution in [3.8, 4) is 45.0 Å². The third-order valence-electron chi connectivity index (χ3n) is 15.2. The van der Waals surface area contributed by atoms with Crippen molar-refractivity contribution in [2.45, 2.75) is 132 Å². The maximum atomic E-state index is 13.3. The van der Waals surface area contributed by atoms with Gasteiger partial charge in [0.1, 0.15) is 41.2 Å². The van der Waals surface area contributed by atoms with E-state index in [0.717, 1.165) is 73.2 Å². The normalized spacial score (nSPS) is 10.5. The second-order valence-corrected chi connectivity index (χ2v) is 34.6. The predicted octanol–water partition coefficient (Wildman–Crippen LogP) is 28.8. The SMILES string of the molecule is C.C.C.C.C.C.C.C.C.C.C.CC[C@H](Cc1ccccc1C(F)(F)F)NC(=O)c1cc(-c2c(Cl)cnn2C)c(Cl)s1.COC(=O)c1cc(-c2ccnn2C)c(Cl)s1.COC(=O)c1cc(Br)c(Cl)s1.Cn1ncc(Cl)c1-c1cc(C(=O)N[C@H](CN)Cc2ccccc2C(F)(F)F)sc1Cl.Cn1ncc(Cl)c1-c1cc(C(=O)O)sc1Cl.O=C(O)c1ccc(Cl)s1. The first kappa shape index (κ1) is 124. The molecule has 0 saturated heterocycles. The van der Waals surface area contributed by atoms with Crippen LogP contribution in [0.5, 0.6) is 0 Å². The number of methoxy groups -OCH3 is 2. The third-order valence-corrected chi connectivity index (χ3v) is 25.1. The number of thiophene rings is 6. The number of nitrogens with one attached hydrogen (secondary N) is 2. The van der Waals surface area contributed by atoms with Crippen LogP contribution in [0.25, 0.3) is 45.0 Å². The van der Waals surface area contributed by atoms with E-state index in [1.54, 1.807) is 77.8 Å². The standard InChI is InChI=1S/C20H18Cl2F3N3OS.C19H17Cl2F3N4OS.C10H9ClN2O2S.C9H6Cl2N2O2S.C6H4BrClO2S.C5H3ClO2S.11CH4/c1-3-12(8-11-6-4-5-7-14(11)20(23,24)25)27-19(29)16-9-13(18(22)30-16)17-15(21)10-26-28(17)2;1-28-16(14(20)9-26-28)12-7-15(30-17(12)21)18(29)27-11(8-25)6-10-4-2-3-5-13(10)19(22,23)24;1-13-7(3-4-12-13)6-5-8(10(14)15-2)16-9(6)11;1-13-7(5(10)3-12-13)4-2-6(9(14)15)16-8(4)11;1-10-6(9)4-2-3(7)5(8)11-4;6-4-2-1-3(9-4)5(7)8;;;;;;;;;;;/h4-7,9-10,12H,3,8H2,1-2H3,(H,27,29);2-5,7,9,11H,6,8,25H2,1H3,(H,27,29);3-5H,1-2H3;2-3H,1H3,(H,14,15);2H,1H3;1-2H,(H,7,8);11*1H4/t12-;11-;;;;;;;;;;;;;;;/m10.............../s1. The molecule has 10 heterocycles. The van der Waals surface area contributed by atoms with Crippen molar-refractivity contribution >= 4 is 224 Å². The van der Waals surface area contributed by atoms with Gasteiger partial charge < -0.3 is 36.1 Å². The molecule has 0 aliphatic carbocycles. The van der Waals surface area contributed by atoms with Gasteiger partial charge in [-0.05, 0) is 107 Å². The van der Waals surface area contributed by atoms with Crippen LogP contribution in [0.2, 0.25) is 41.1 Å². The molecule has 10 aromatic heterocycles. The second-order valence-electron chi connectivity index (χ2n) is 22.6. The van der Waals surface area contributed by atoms with Gasteiger partial charge in [-0.25, -0.2) is 19.2 Å². The molecule has 0 aliphatic heterocycles. The van der Waals surface area contributed by atoms with E-state index in [4.69, 9.17) is 120 Å². The number of rotatable bonds is 18. The summed E-state index contributed by atoms with van der Waals surface area (Å²) in [7, 11) is 9.62. The van der Waals surface area contributed by atoms with Crippen LogP contribution in [0.3, 0.4) is 0 Å². The van der Waals surface area contributed by atoms with Gasteiger partial charge in [0.2, 0.25) is 0 Å². The number of benzene rings is 2. The Morgan fingerprint density at radius 2 is 0.797 bits per heavy atom. The van der Waals surface area contributed by atoms with E-state index in [1.807, 2.05) is 20.0 Å². The monoisotopic (exact) mass is 2080 g/mol. The molecule has 0 aliphatic rings. The molecule has 0 radical (unpaired) electrons. The lowest BCUT2D eigenvalue weighted by Crippen LogP contribution is -2.41. The van der Waals surface area contributed by atoms with E-state index in [1.165, 1.54) is 103 Å². The number of hydrogen-bond acceptors (Lipinski definition) is 19. The van der Waals surface area contributed by atoms with Crippen molar-refractivity contribution in [3.05, 3.63) is 219 Å². The number of hydrogen-bond donors (Lipinski definition) is 5. The highest BCUT2D eigenvalue weighted by Crippen LogP contribution is 2.43. The summed E-state index contributed by atoms with van der Waals surface area (Å²) in [6, 6.07) is 22.4. The second kappa shape index (κ2) is 56.2. The summed E-state index contributed by atoms with van der Waals surface area (Å²) in [5, 5.41) is 40.1. The van der Waals surface area contributed by atoms with E-state index in [-0.39, 0.29) is 139 Å². The number of esters is 2. The molecule has 21 nitrogen and oxygen atoms in total. The van der Waals surface area contributed by atoms with Gasteiger partial charge >= 0.3 is 36.2 Å². The highest BCUT2D eigenvalue weighted by Gasteiger charge is 2.35. The summed E-state index contributed by atoms with van der Waals surface area (Å²) < 4.78 is 98.4. The molecular formula is C80H101BrCl9F6N11O10S6. The summed E-state index contributed by atoms with van der Waals surface area (Å²) in [4.78, 5) is 70.7. The van der Waals surface area contributed by atoms with Gasteiger partial charge in [0.05, 0.1) is 95.9 Å². The van der Waals surface area contributed by atoms with Crippen LogP contribution in [0.15, 0.2) is 126 Å². The molecule has 12 aromatic rings. The summed E-state index contributed by atoms with van der Waals surface area (Å²) in [6.45, 7) is 1.78. The molecule has 12 rings (SSSR count). The van der Waals surface area contributed by atoms with Crippen molar-refractivity contribution in [2.75, 3.05) is 20.8 Å². The maximum absolute atomic E-state index is 13.3. The maximum Gasteiger partial charge on any atom is 0.416 e. The van der Waals surface area contributed by atoms with Crippen LogP contribution >= 0.6 is 188 Å². The number of carboxylic acid groups (broad SMARTS) is 2. The first-order valence-electron chi connectivity index (χ1n) is 31.4. The van der Waals surface area contributed by atoms with Crippen molar-refractivity contribution in [2.24, 2.45) is 33.9 Å². The topological polar surface area (TPSA) is 283 Å². The minimum atomic E-state index is -4.49. The highest BCUT2D eigenvalue weighted by molar-refractivity contribution is 9.10. The zero-order chi connectivity index (χ0) is 83.0. The van der Waals surface area contributed by atoms with E-state index in [0.29, 0.717) is 95.9 Å². The Morgan fingerprint density at radius 1 is 0.455 bits per heavy atom. The van der Waals surface area contributed by atoms with Gasteiger partial charge in [-0.3, -0.25) is 28.3 Å². The van der Waals surface area contributed by atoms with Crippen LogP contribution in [0.1, 0.15) is 175 Å². The molecular weight excluding hydrogens is 1980 g/mol. The van der Waals surface area contributed by atoms with Gasteiger partial charge in [0, 0.05) is 79.7 Å². The number of carboxylic acids is 2. The number of carbonyl (C=O) groups is 6. The first-order chi connectivity index (χ1) is 52.7. The molecule has 0 bridgehead atoms. The predicted molar refractivity (Wildman–Crippen MR) is 510 cm³/mol. The van der Waals surface area contributed by atoms with Crippen LogP contribution in [0.4, 0.5) is 26.3 Å². The van der Waals surface area contributed by atoms with Gasteiger partial charge in [0.15, 0.2) is 0 Å². The average Bonchev–Trinajstić information content (AvgIpc) is 1.66. The van der Waals surface area contributed by atoms with Gasteiger partial charge in [-0.15, -0.1) is 68.0 Å². The fourth-order valence-corrected chi connectivity index (χ4v) is 17.9. The van der Waals surface area contributed by atoms with Gasteiger partial charge in [-0.2, -0.15) is 46.7 Å². The molecule has 2 amide bonds. The Morgan fingerprint density at radius 3 is 1.10 bits per heavy atom. The van der Waals surface area contributed by atoms with E-state index in [2.05, 4.69) is 56.4 Å². The Bertz CT molecular complexity index is 5080. The van der Waals surface area contributed by atoms with Crippen LogP contribution in [-0.4, -0.2) is 118 Å². The largest absolute Gasteiger partial charge is 0.477 e. The molecule has 0 saturated carbocycles. The molecule has 6 N–H and O–H groups in total. The smallest absolute Gasteiger partial charge is 0.416 e. The summed E-state index contributed by atoms with van der Waals surface area (Å²) in [5.74, 6) is -3.54. The highest BCUT2D eigenvalue weighted by atomic mass is 79.9. The number of aromatic nitrogens is 8. The quantitative estimate of drug-likeness (QED) is 0.0394. The molecule has 2 aromatic carbocycles. The molecule has 0 fully saturated rings. The molecule has 0 spiro atoms. The lowest BCUT2D eigenvalue weighted by molar-refractivity contribution is -0.139. The summed E-state index contributed by atoms with van der Waals surface area (Å²) >= 11 is 63.8. The Hall–Kier alpha value is -7.07. The number of nitrogens with two attached hydrogens (primary N) is 1. The number of aryl methyl sites for hydroxylation is 4. The van der Waals surface area contributed by atoms with Crippen molar-refractivity contribution < 1.29 is 74.8 Å². The van der Waals surface area contributed by atoms with E-state index < -0.39 is 59.3 Å². The molecule has 43 heteroatoms. The minimum Gasteiger partial charge on any atom is -0.477 e. The number of ether oxygens (including phenoxy) is 2. The fourth-order valence-electron chi connectivity index (χ4n) is 9.91. The van der Waals surface area contributed by atoms with Gasteiger partial charge in [0.25, 0.3) is 11.8 Å². The number of aromatic carboxylic acids is 2. The van der Waals surface area contributed by atoms with Crippen LogP contribution in [0, 0.1) is 0 Å². The van der Waals surface area contributed by atoms with Gasteiger partial charge in [-0.1, -0.05) is 229 Å². The van der Waals surface area contributed by atoms with E-state index >= 15 is 0 Å². The number of amides is 2. The number of alkyl halides is 6. The molecule has 2 atom stereocenters. The van der Waals surface area contributed by atoms with Crippen molar-refractivity contribution in [1.82, 2.24) is 49.8 Å². The Labute approximate surface area is 792 Å². The van der Waals surface area contributed by atoms with Crippen molar-refractivity contribution in [1.29, 1.82) is 0 Å². The minimum absolute atomic E-state index is 0. The molecule has 123 heavy (non-hydrogen) atoms.